The molecule has 0 radical (unpaired) electrons. The van der Waals surface area contributed by atoms with Crippen molar-refractivity contribution in [2.45, 2.75) is 18.9 Å². The number of H-pyrrole nitrogens is 1. The van der Waals surface area contributed by atoms with Crippen LogP contribution in [0.1, 0.15) is 12.8 Å². The zero-order valence-corrected chi connectivity index (χ0v) is 16.0. The molecular weight excluding hydrogens is 376 g/mol. The molecule has 0 spiro atoms. The number of hydrogen-bond donors (Lipinski definition) is 3. The highest BCUT2D eigenvalue weighted by Crippen LogP contribution is 2.24. The Labute approximate surface area is 168 Å². The Morgan fingerprint density at radius 1 is 1.21 bits per heavy atom. The highest BCUT2D eigenvalue weighted by Gasteiger charge is 2.23. The van der Waals surface area contributed by atoms with Crippen LogP contribution >= 0.6 is 11.6 Å². The normalized spacial score (nSPS) is 16.6. The average molecular weight is 397 g/mol. The number of nitrogens with one attached hydrogen (secondary N) is 3. The molecule has 7 nitrogen and oxygen atoms in total. The number of aromatic amines is 1. The van der Waals surface area contributed by atoms with Gasteiger partial charge in [0.15, 0.2) is 5.82 Å². The van der Waals surface area contributed by atoms with Gasteiger partial charge in [-0.2, -0.15) is 5.10 Å². The third-order valence-corrected chi connectivity index (χ3v) is 5.09. The minimum atomic E-state index is -0.251. The molecule has 1 atom stereocenters. The number of anilines is 2. The van der Waals surface area contributed by atoms with Crippen LogP contribution in [0.4, 0.5) is 16.3 Å². The van der Waals surface area contributed by atoms with E-state index in [1.54, 1.807) is 24.5 Å². The molecule has 2 aromatic heterocycles. The van der Waals surface area contributed by atoms with E-state index in [1.807, 2.05) is 30.3 Å². The first kappa shape index (κ1) is 18.3. The maximum atomic E-state index is 12.3. The summed E-state index contributed by atoms with van der Waals surface area (Å²) in [4.78, 5) is 18.6. The van der Waals surface area contributed by atoms with Crippen molar-refractivity contribution in [3.05, 3.63) is 59.9 Å². The SMILES string of the molecule is O=C(Nc1ccccc1Cl)N[C@H]1CCCN(c2cc(-c3ccncc3)[nH]n2)C1. The highest BCUT2D eigenvalue weighted by atomic mass is 35.5. The quantitative estimate of drug-likeness (QED) is 0.624. The number of aromatic nitrogens is 3. The second-order valence-corrected chi connectivity index (χ2v) is 7.15. The summed E-state index contributed by atoms with van der Waals surface area (Å²) in [5.74, 6) is 0.879. The van der Waals surface area contributed by atoms with Crippen LogP contribution in [0.25, 0.3) is 11.3 Å². The van der Waals surface area contributed by atoms with E-state index in [2.05, 4.69) is 30.7 Å². The average Bonchev–Trinajstić information content (AvgIpc) is 3.21. The Morgan fingerprint density at radius 3 is 2.86 bits per heavy atom. The van der Waals surface area contributed by atoms with Gasteiger partial charge in [0, 0.05) is 43.2 Å². The standard InChI is InChI=1S/C20H21ClN6O/c21-16-5-1-2-6-17(16)24-20(28)23-15-4-3-11-27(13-15)19-12-18(25-26-19)14-7-9-22-10-8-14/h1-2,5-10,12,15H,3-4,11,13H2,(H,25,26)(H2,23,24,28)/t15-/m0/s1. The topological polar surface area (TPSA) is 85.9 Å². The number of para-hydroxylation sites is 1. The van der Waals surface area contributed by atoms with E-state index < -0.39 is 0 Å². The zero-order chi connectivity index (χ0) is 19.3. The Balaban J connectivity index is 1.37. The second kappa shape index (κ2) is 8.31. The van der Waals surface area contributed by atoms with Gasteiger partial charge < -0.3 is 15.5 Å². The van der Waals surface area contributed by atoms with Gasteiger partial charge in [0.2, 0.25) is 0 Å². The molecule has 1 saturated heterocycles. The van der Waals surface area contributed by atoms with Gasteiger partial charge in [-0.05, 0) is 37.1 Å². The number of hydrogen-bond acceptors (Lipinski definition) is 4. The molecule has 8 heteroatoms. The predicted octanol–water partition coefficient (Wildman–Crippen LogP) is 3.92. The van der Waals surface area contributed by atoms with Crippen molar-refractivity contribution < 1.29 is 4.79 Å². The number of urea groups is 1. The van der Waals surface area contributed by atoms with Crippen LogP contribution in [0, 0.1) is 0 Å². The molecule has 3 N–H and O–H groups in total. The molecule has 144 valence electrons. The monoisotopic (exact) mass is 396 g/mol. The Bertz CT molecular complexity index is 945. The molecule has 1 aliphatic rings. The molecule has 2 amide bonds. The summed E-state index contributed by atoms with van der Waals surface area (Å²) < 4.78 is 0. The summed E-state index contributed by atoms with van der Waals surface area (Å²) in [6.45, 7) is 1.61. The number of halogens is 1. The maximum Gasteiger partial charge on any atom is 0.319 e. The van der Waals surface area contributed by atoms with Gasteiger partial charge in [-0.25, -0.2) is 4.79 Å². The van der Waals surface area contributed by atoms with Crippen LogP contribution in [0.3, 0.4) is 0 Å². The molecular formula is C20H21ClN6O. The minimum absolute atomic E-state index is 0.0392. The lowest BCUT2D eigenvalue weighted by Gasteiger charge is -2.33. The van der Waals surface area contributed by atoms with Crippen molar-refractivity contribution in [2.24, 2.45) is 0 Å². The van der Waals surface area contributed by atoms with E-state index in [9.17, 15) is 4.79 Å². The van der Waals surface area contributed by atoms with Crippen LogP contribution < -0.4 is 15.5 Å². The van der Waals surface area contributed by atoms with Crippen LogP contribution in [-0.4, -0.2) is 40.3 Å². The van der Waals surface area contributed by atoms with Gasteiger partial charge in [-0.1, -0.05) is 23.7 Å². The van der Waals surface area contributed by atoms with Crippen molar-refractivity contribution in [2.75, 3.05) is 23.3 Å². The smallest absolute Gasteiger partial charge is 0.319 e. The van der Waals surface area contributed by atoms with Crippen molar-refractivity contribution in [1.29, 1.82) is 0 Å². The molecule has 1 aromatic carbocycles. The fraction of sp³-hybridized carbons (Fsp3) is 0.250. The number of pyridine rings is 1. The van der Waals surface area contributed by atoms with Gasteiger partial charge >= 0.3 is 6.03 Å². The third kappa shape index (κ3) is 4.26. The summed E-state index contributed by atoms with van der Waals surface area (Å²) in [5.41, 5.74) is 2.59. The van der Waals surface area contributed by atoms with Crippen molar-refractivity contribution in [3.8, 4) is 11.3 Å². The maximum absolute atomic E-state index is 12.3. The van der Waals surface area contributed by atoms with E-state index in [0.717, 1.165) is 36.5 Å². The second-order valence-electron chi connectivity index (χ2n) is 6.74. The molecule has 1 fully saturated rings. The lowest BCUT2D eigenvalue weighted by Crippen LogP contribution is -2.49. The van der Waals surface area contributed by atoms with Crippen LogP contribution in [-0.2, 0) is 0 Å². The first-order chi connectivity index (χ1) is 13.7. The fourth-order valence-electron chi connectivity index (χ4n) is 3.36. The van der Waals surface area contributed by atoms with E-state index >= 15 is 0 Å². The highest BCUT2D eigenvalue weighted by molar-refractivity contribution is 6.33. The van der Waals surface area contributed by atoms with E-state index in [1.165, 1.54) is 0 Å². The van der Waals surface area contributed by atoms with E-state index in [0.29, 0.717) is 17.3 Å². The number of nitrogens with zero attached hydrogens (tertiary/aromatic N) is 3. The minimum Gasteiger partial charge on any atom is -0.353 e. The summed E-state index contributed by atoms with van der Waals surface area (Å²) in [7, 11) is 0. The Morgan fingerprint density at radius 2 is 2.04 bits per heavy atom. The van der Waals surface area contributed by atoms with Gasteiger partial charge in [0.1, 0.15) is 0 Å². The summed E-state index contributed by atoms with van der Waals surface area (Å²) >= 11 is 6.10. The zero-order valence-electron chi connectivity index (χ0n) is 15.2. The summed E-state index contributed by atoms with van der Waals surface area (Å²) in [5, 5.41) is 13.9. The van der Waals surface area contributed by atoms with Crippen LogP contribution in [0.15, 0.2) is 54.9 Å². The number of carbonyl (C=O) groups is 1. The Hall–Kier alpha value is -3.06. The van der Waals surface area contributed by atoms with Gasteiger partial charge in [-0.3, -0.25) is 10.1 Å². The van der Waals surface area contributed by atoms with Crippen molar-refractivity contribution >= 4 is 29.1 Å². The fourth-order valence-corrected chi connectivity index (χ4v) is 3.54. The summed E-state index contributed by atoms with van der Waals surface area (Å²) in [6, 6.07) is 12.9. The molecule has 4 rings (SSSR count). The molecule has 0 unspecified atom stereocenters. The predicted molar refractivity (Wildman–Crippen MR) is 111 cm³/mol. The first-order valence-electron chi connectivity index (χ1n) is 9.22. The number of carbonyl (C=O) groups excluding carboxylic acids is 1. The molecule has 0 saturated carbocycles. The molecule has 3 aromatic rings. The van der Waals surface area contributed by atoms with Crippen molar-refractivity contribution in [3.63, 3.8) is 0 Å². The molecule has 3 heterocycles. The van der Waals surface area contributed by atoms with Crippen molar-refractivity contribution in [1.82, 2.24) is 20.5 Å². The Kier molecular flexibility index (Phi) is 5.43. The largest absolute Gasteiger partial charge is 0.353 e. The number of piperidine rings is 1. The third-order valence-electron chi connectivity index (χ3n) is 4.76. The molecule has 1 aliphatic heterocycles. The van der Waals surface area contributed by atoms with E-state index in [-0.39, 0.29) is 12.1 Å². The number of amides is 2. The van der Waals surface area contributed by atoms with Gasteiger partial charge in [0.25, 0.3) is 0 Å². The molecule has 0 bridgehead atoms. The lowest BCUT2D eigenvalue weighted by atomic mass is 10.1. The van der Waals surface area contributed by atoms with Crippen LogP contribution in [0.5, 0.6) is 0 Å². The van der Waals surface area contributed by atoms with E-state index in [4.69, 9.17) is 11.6 Å². The van der Waals surface area contributed by atoms with Crippen LogP contribution in [0.2, 0.25) is 5.02 Å². The summed E-state index contributed by atoms with van der Waals surface area (Å²) in [6.07, 6.45) is 5.42. The van der Waals surface area contributed by atoms with Gasteiger partial charge in [-0.15, -0.1) is 0 Å². The first-order valence-corrected chi connectivity index (χ1v) is 9.59. The molecule has 28 heavy (non-hydrogen) atoms. The molecule has 0 aliphatic carbocycles. The number of benzene rings is 1. The lowest BCUT2D eigenvalue weighted by molar-refractivity contribution is 0.246. The van der Waals surface area contributed by atoms with Gasteiger partial charge in [0.05, 0.1) is 16.4 Å². The number of rotatable bonds is 4.